The van der Waals surface area contributed by atoms with Gasteiger partial charge >= 0.3 is 23.9 Å². The van der Waals surface area contributed by atoms with Crippen LogP contribution in [-0.2, 0) is 63.8 Å². The molecule has 0 radical (unpaired) electrons. The maximum absolute atomic E-state index is 12.7. The van der Waals surface area contributed by atoms with E-state index in [0.717, 1.165) is 112 Å². The second-order valence-corrected chi connectivity index (χ2v) is 20.8. The van der Waals surface area contributed by atoms with Crippen molar-refractivity contribution in [3.05, 3.63) is 119 Å². The van der Waals surface area contributed by atoms with Gasteiger partial charge in [0.1, 0.15) is 12.1 Å². The lowest BCUT2D eigenvalue weighted by atomic mass is 9.86. The van der Waals surface area contributed by atoms with E-state index in [4.69, 9.17) is 56.8 Å². The molecule has 4 aromatic rings. The zero-order valence-corrected chi connectivity index (χ0v) is 55.1. The van der Waals surface area contributed by atoms with Crippen molar-refractivity contribution in [2.45, 2.75) is 89.1 Å². The van der Waals surface area contributed by atoms with Crippen LogP contribution in [-0.4, -0.2) is 156 Å². The first-order valence-electron chi connectivity index (χ1n) is 28.1. The summed E-state index contributed by atoms with van der Waals surface area (Å²) in [6.45, 7) is 11.2. The number of methoxy groups -OCH3 is 8. The predicted octanol–water partition coefficient (Wildman–Crippen LogP) is 3.69. The van der Waals surface area contributed by atoms with Gasteiger partial charge in [-0.2, -0.15) is 0 Å². The van der Waals surface area contributed by atoms with Crippen LogP contribution in [0.15, 0.2) is 86.0 Å². The lowest BCUT2D eigenvalue weighted by Crippen LogP contribution is -3.00. The number of likely N-dealkylation sites (N-methyl/N-ethyl adjacent to an activating group) is 2. The fourth-order valence-electron chi connectivity index (χ4n) is 10.8. The molecule has 0 N–H and O–H groups in total. The molecule has 0 fully saturated rings. The summed E-state index contributed by atoms with van der Waals surface area (Å²) in [5.41, 5.74) is 7.06. The van der Waals surface area contributed by atoms with E-state index in [1.54, 1.807) is 56.9 Å². The first kappa shape index (κ1) is 72.3. The quantitative estimate of drug-likeness (QED) is 0.0173. The van der Waals surface area contributed by atoms with Gasteiger partial charge in [-0.1, -0.05) is 25.3 Å². The average molecular weight is 1400 g/mol. The molecule has 4 atom stereocenters. The Bertz CT molecular complexity index is 2590. The molecule has 2 heterocycles. The highest BCUT2D eigenvalue weighted by Crippen LogP contribution is 2.45. The van der Waals surface area contributed by atoms with E-state index in [1.807, 2.05) is 24.3 Å². The molecule has 2 aliphatic heterocycles. The van der Waals surface area contributed by atoms with E-state index in [0.29, 0.717) is 95.8 Å². The van der Waals surface area contributed by atoms with Crippen molar-refractivity contribution in [1.82, 2.24) is 0 Å². The van der Waals surface area contributed by atoms with Crippen LogP contribution in [0.1, 0.15) is 96.8 Å². The number of halogens is 2. The summed E-state index contributed by atoms with van der Waals surface area (Å²) in [5, 5.41) is 0. The second kappa shape index (κ2) is 36.8. The molecule has 84 heavy (non-hydrogen) atoms. The number of ether oxygens (including phenoxy) is 12. The second-order valence-electron chi connectivity index (χ2n) is 20.8. The first-order chi connectivity index (χ1) is 39.6. The molecule has 464 valence electrons. The average Bonchev–Trinajstić information content (AvgIpc) is 3.55. The summed E-state index contributed by atoms with van der Waals surface area (Å²) in [6, 6.07) is 20.5. The standard InChI is InChI=1S/2C32H44NO8.2HI/c2*1-7-31(34)40-17-9-8-10-18-41-32(35)14-16-33(2)15-13-24-21-29(38-5)30(39-6)22-25(24)26(33)19-23-11-12-27(36-3)28(20-23)37-4;;/h2*7,11-12,20-22,26H,1,8-10,13-19H2,2-6H3;2*1H/q2*+1;;/p-2/t26-,33+;26-,33-;;/m11../s1. The van der Waals surface area contributed by atoms with Crippen LogP contribution >= 0.6 is 0 Å². The van der Waals surface area contributed by atoms with E-state index < -0.39 is 11.9 Å². The van der Waals surface area contributed by atoms with Gasteiger partial charge in [0.05, 0.1) is 136 Å². The molecule has 0 aromatic heterocycles. The Morgan fingerprint density at radius 3 is 1.07 bits per heavy atom. The molecule has 0 unspecified atom stereocenters. The summed E-state index contributed by atoms with van der Waals surface area (Å²) >= 11 is 0. The maximum atomic E-state index is 12.7. The minimum Gasteiger partial charge on any atom is -1.00 e. The van der Waals surface area contributed by atoms with Crippen molar-refractivity contribution in [3.8, 4) is 46.0 Å². The molecule has 4 aromatic carbocycles. The van der Waals surface area contributed by atoms with E-state index in [-0.39, 0.29) is 72.0 Å². The lowest BCUT2D eigenvalue weighted by Gasteiger charge is -2.46. The molecule has 18 nitrogen and oxygen atoms in total. The zero-order valence-electron chi connectivity index (χ0n) is 50.8. The predicted molar refractivity (Wildman–Crippen MR) is 311 cm³/mol. The number of carbonyl (C=O) groups is 4. The van der Waals surface area contributed by atoms with Crippen LogP contribution in [0.3, 0.4) is 0 Å². The minimum atomic E-state index is -0.421. The number of rotatable bonds is 32. The number of hydrogen-bond donors (Lipinski definition) is 0. The fraction of sp³-hybridized carbons (Fsp3) is 0.500. The van der Waals surface area contributed by atoms with Crippen LogP contribution in [0.5, 0.6) is 46.0 Å². The number of benzene rings is 4. The maximum Gasteiger partial charge on any atom is 0.330 e. The number of hydrogen-bond acceptors (Lipinski definition) is 16. The highest BCUT2D eigenvalue weighted by Gasteiger charge is 2.42. The Balaban J connectivity index is 0.000000430. The van der Waals surface area contributed by atoms with E-state index in [1.165, 1.54) is 22.3 Å². The smallest absolute Gasteiger partial charge is 0.330 e. The molecule has 0 spiro atoms. The van der Waals surface area contributed by atoms with Gasteiger partial charge in [-0.05, 0) is 109 Å². The highest BCUT2D eigenvalue weighted by atomic mass is 127. The normalized spacial score (nSPS) is 17.2. The number of quaternary nitrogens is 2. The van der Waals surface area contributed by atoms with Crippen molar-refractivity contribution < 1.29 is 133 Å². The van der Waals surface area contributed by atoms with Crippen molar-refractivity contribution in [3.63, 3.8) is 0 Å². The molecule has 6 rings (SSSR count). The largest absolute Gasteiger partial charge is 1.00 e. The Morgan fingerprint density at radius 1 is 0.440 bits per heavy atom. The Morgan fingerprint density at radius 2 is 0.750 bits per heavy atom. The molecule has 0 aliphatic carbocycles. The molecular formula is C64H88I2N2O16. The van der Waals surface area contributed by atoms with E-state index in [2.05, 4.69) is 63.7 Å². The third-order valence-electron chi connectivity index (χ3n) is 15.6. The Kier molecular flexibility index (Phi) is 31.6. The number of fused-ring (bicyclic) bond motifs is 2. The van der Waals surface area contributed by atoms with Gasteiger partial charge in [-0.25, -0.2) is 9.59 Å². The summed E-state index contributed by atoms with van der Waals surface area (Å²) in [6.07, 6.45) is 10.6. The van der Waals surface area contributed by atoms with Crippen LogP contribution < -0.4 is 85.8 Å². The lowest BCUT2D eigenvalue weighted by molar-refractivity contribution is -0.940. The SMILES string of the molecule is C=CC(=O)OCCCCCOC(=O)CC[N@+]1(C)CCc2cc(OC)c(OC)cc2[C@H]1Cc1ccc(OC)c(OC)c1.C=CC(=O)OCCCCCOC(=O)CC[N@@+]1(C)CCc2cc(OC)c(OC)cc2[C@H]1Cc1ccc(OC)c(OC)c1.[I-].[I-]. The highest BCUT2D eigenvalue weighted by molar-refractivity contribution is 5.81. The molecule has 0 bridgehead atoms. The van der Waals surface area contributed by atoms with Crippen molar-refractivity contribution >= 4 is 23.9 Å². The van der Waals surface area contributed by atoms with Crippen molar-refractivity contribution in [2.75, 3.05) is 124 Å². The summed E-state index contributed by atoms with van der Waals surface area (Å²) < 4.78 is 66.8. The van der Waals surface area contributed by atoms with Crippen LogP contribution in [0.2, 0.25) is 0 Å². The molecule has 0 saturated heterocycles. The van der Waals surface area contributed by atoms with Gasteiger partial charge in [0.25, 0.3) is 0 Å². The Hall–Kier alpha value is -5.98. The minimum absolute atomic E-state index is 0. The number of unbranched alkanes of at least 4 members (excludes halogenated alkanes) is 4. The molecule has 2 aliphatic rings. The first-order valence-corrected chi connectivity index (χ1v) is 28.1. The van der Waals surface area contributed by atoms with Crippen LogP contribution in [0, 0.1) is 0 Å². The van der Waals surface area contributed by atoms with Gasteiger partial charge in [0, 0.05) is 49.0 Å². The van der Waals surface area contributed by atoms with Gasteiger partial charge in [0.15, 0.2) is 46.0 Å². The van der Waals surface area contributed by atoms with Crippen molar-refractivity contribution in [1.29, 1.82) is 0 Å². The van der Waals surface area contributed by atoms with E-state index in [9.17, 15) is 19.2 Å². The topological polar surface area (TPSA) is 179 Å². The summed E-state index contributed by atoms with van der Waals surface area (Å²) in [4.78, 5) is 47.6. The van der Waals surface area contributed by atoms with Crippen LogP contribution in [0.25, 0.3) is 0 Å². The molecule has 0 amide bonds. The van der Waals surface area contributed by atoms with Gasteiger partial charge in [-0.3, -0.25) is 9.59 Å². The van der Waals surface area contributed by atoms with Gasteiger partial charge in [0.2, 0.25) is 0 Å². The third kappa shape index (κ3) is 20.6. The fourth-order valence-corrected chi connectivity index (χ4v) is 10.8. The number of carbonyl (C=O) groups excluding carboxylic acids is 4. The summed E-state index contributed by atoms with van der Waals surface area (Å²) in [5.74, 6) is 4.31. The molecular weight excluding hydrogens is 1310 g/mol. The van der Waals surface area contributed by atoms with Crippen LogP contribution in [0.4, 0.5) is 0 Å². The third-order valence-corrected chi connectivity index (χ3v) is 15.6. The number of esters is 4. The summed E-state index contributed by atoms with van der Waals surface area (Å²) in [7, 11) is 17.5. The molecule has 0 saturated carbocycles. The zero-order chi connectivity index (χ0) is 59.7. The number of nitrogens with zero attached hydrogens (tertiary/aromatic N) is 2. The van der Waals surface area contributed by atoms with Gasteiger partial charge in [-0.15, -0.1) is 0 Å². The van der Waals surface area contributed by atoms with E-state index >= 15 is 0 Å². The van der Waals surface area contributed by atoms with Gasteiger partial charge < -0.3 is 114 Å². The van der Waals surface area contributed by atoms with Crippen molar-refractivity contribution in [2.24, 2.45) is 0 Å². The monoisotopic (exact) mass is 1390 g/mol. The Labute approximate surface area is 531 Å². The molecule has 20 heteroatoms.